The molecule has 100 valence electrons. The van der Waals surface area contributed by atoms with E-state index in [1.54, 1.807) is 24.3 Å². The second-order valence-corrected chi connectivity index (χ2v) is 6.42. The molecule has 0 fully saturated rings. The van der Waals surface area contributed by atoms with E-state index >= 15 is 0 Å². The highest BCUT2D eigenvalue weighted by Crippen LogP contribution is 2.16. The summed E-state index contributed by atoms with van der Waals surface area (Å²) in [7, 11) is -3.48. The van der Waals surface area contributed by atoms with Crippen LogP contribution in [0.25, 0.3) is 0 Å². The van der Waals surface area contributed by atoms with Crippen molar-refractivity contribution in [1.29, 1.82) is 0 Å². The Balaban J connectivity index is 2.23. The summed E-state index contributed by atoms with van der Waals surface area (Å²) >= 11 is 5.67. The molecule has 0 amide bonds. The summed E-state index contributed by atoms with van der Waals surface area (Å²) in [6, 6.07) is 9.63. The molecule has 1 aromatic heterocycles. The van der Waals surface area contributed by atoms with Gasteiger partial charge in [-0.15, -0.1) is 0 Å². The first-order chi connectivity index (χ1) is 9.01. The molecule has 1 aromatic carbocycles. The number of hydrogen-bond donors (Lipinski definition) is 1. The van der Waals surface area contributed by atoms with Crippen molar-refractivity contribution in [3.05, 3.63) is 58.7 Å². The van der Waals surface area contributed by atoms with Gasteiger partial charge in [0.05, 0.1) is 17.4 Å². The lowest BCUT2D eigenvalue weighted by molar-refractivity contribution is 0.282. The Bertz CT molecular complexity index is 651. The maximum atomic E-state index is 12.1. The van der Waals surface area contributed by atoms with Crippen LogP contribution >= 0.6 is 11.6 Å². The van der Waals surface area contributed by atoms with E-state index in [-0.39, 0.29) is 17.4 Å². The van der Waals surface area contributed by atoms with Gasteiger partial charge in [-0.25, -0.2) is 13.4 Å². The van der Waals surface area contributed by atoms with Crippen LogP contribution in [0.1, 0.15) is 11.1 Å². The van der Waals surface area contributed by atoms with Crippen LogP contribution in [-0.2, 0) is 22.2 Å². The molecule has 0 bridgehead atoms. The molecule has 0 aliphatic carbocycles. The monoisotopic (exact) mass is 297 g/mol. The van der Waals surface area contributed by atoms with Crippen molar-refractivity contribution in [2.45, 2.75) is 17.4 Å². The van der Waals surface area contributed by atoms with Crippen molar-refractivity contribution in [3.63, 3.8) is 0 Å². The molecule has 0 atom stereocenters. The van der Waals surface area contributed by atoms with Gasteiger partial charge < -0.3 is 5.11 Å². The van der Waals surface area contributed by atoms with E-state index in [4.69, 9.17) is 16.7 Å². The standard InChI is InChI=1S/C13H12ClNO3S/c14-12-5-6-13(15-7-12)19(17,18)9-11-3-1-10(8-16)2-4-11/h1-7,16H,8-9H2. The number of aliphatic hydroxyl groups excluding tert-OH is 1. The van der Waals surface area contributed by atoms with Crippen LogP contribution in [0, 0.1) is 0 Å². The molecule has 2 rings (SSSR count). The lowest BCUT2D eigenvalue weighted by Gasteiger charge is -2.05. The lowest BCUT2D eigenvalue weighted by atomic mass is 10.2. The Morgan fingerprint density at radius 2 is 1.68 bits per heavy atom. The molecule has 0 aliphatic rings. The molecular formula is C13H12ClNO3S. The van der Waals surface area contributed by atoms with Crippen molar-refractivity contribution in [2.75, 3.05) is 0 Å². The summed E-state index contributed by atoms with van der Waals surface area (Å²) < 4.78 is 24.2. The summed E-state index contributed by atoms with van der Waals surface area (Å²) in [5, 5.41) is 9.32. The molecule has 0 aliphatic heterocycles. The quantitative estimate of drug-likeness (QED) is 0.939. The average molecular weight is 298 g/mol. The van der Waals surface area contributed by atoms with Gasteiger partial charge in [0, 0.05) is 6.20 Å². The van der Waals surface area contributed by atoms with Crippen molar-refractivity contribution >= 4 is 21.4 Å². The maximum absolute atomic E-state index is 12.1. The number of hydrogen-bond acceptors (Lipinski definition) is 4. The molecule has 0 saturated carbocycles. The van der Waals surface area contributed by atoms with Gasteiger partial charge in [-0.3, -0.25) is 0 Å². The van der Waals surface area contributed by atoms with E-state index in [9.17, 15) is 8.42 Å². The summed E-state index contributed by atoms with van der Waals surface area (Å²) in [4.78, 5) is 3.82. The van der Waals surface area contributed by atoms with E-state index < -0.39 is 9.84 Å². The molecule has 19 heavy (non-hydrogen) atoms. The number of rotatable bonds is 4. The minimum atomic E-state index is -3.48. The molecule has 2 aromatic rings. The number of sulfone groups is 1. The zero-order chi connectivity index (χ0) is 13.9. The minimum absolute atomic E-state index is 0.00290. The van der Waals surface area contributed by atoms with Gasteiger partial charge in [-0.1, -0.05) is 35.9 Å². The first-order valence-electron chi connectivity index (χ1n) is 5.54. The van der Waals surface area contributed by atoms with Crippen LogP contribution in [0.3, 0.4) is 0 Å². The third-order valence-electron chi connectivity index (χ3n) is 2.58. The van der Waals surface area contributed by atoms with Crippen LogP contribution in [0.15, 0.2) is 47.6 Å². The molecule has 6 heteroatoms. The smallest absolute Gasteiger partial charge is 0.199 e. The number of benzene rings is 1. The van der Waals surface area contributed by atoms with Crippen LogP contribution in [-0.4, -0.2) is 18.5 Å². The number of aromatic nitrogens is 1. The van der Waals surface area contributed by atoms with Crippen LogP contribution < -0.4 is 0 Å². The topological polar surface area (TPSA) is 67.3 Å². The second-order valence-electron chi connectivity index (χ2n) is 4.05. The zero-order valence-corrected chi connectivity index (χ0v) is 11.5. The molecular weight excluding hydrogens is 286 g/mol. The number of aliphatic hydroxyl groups is 1. The Kier molecular flexibility index (Phi) is 4.19. The van der Waals surface area contributed by atoms with Gasteiger partial charge in [0.2, 0.25) is 0 Å². The SMILES string of the molecule is O=S(=O)(Cc1ccc(CO)cc1)c1ccc(Cl)cn1. The Hall–Kier alpha value is -1.43. The van der Waals surface area contributed by atoms with E-state index in [0.29, 0.717) is 10.6 Å². The third-order valence-corrected chi connectivity index (χ3v) is 4.40. The molecule has 1 heterocycles. The summed E-state index contributed by atoms with van der Waals surface area (Å²) in [6.07, 6.45) is 1.31. The summed E-state index contributed by atoms with van der Waals surface area (Å²) in [5.74, 6) is -0.132. The molecule has 4 nitrogen and oxygen atoms in total. The summed E-state index contributed by atoms with van der Waals surface area (Å²) in [5.41, 5.74) is 1.39. The number of halogens is 1. The highest BCUT2D eigenvalue weighted by molar-refractivity contribution is 7.90. The van der Waals surface area contributed by atoms with Crippen molar-refractivity contribution in [2.24, 2.45) is 0 Å². The molecule has 0 spiro atoms. The largest absolute Gasteiger partial charge is 0.392 e. The van der Waals surface area contributed by atoms with Gasteiger partial charge >= 0.3 is 0 Å². The fourth-order valence-electron chi connectivity index (χ4n) is 1.58. The highest BCUT2D eigenvalue weighted by atomic mass is 35.5. The highest BCUT2D eigenvalue weighted by Gasteiger charge is 2.16. The van der Waals surface area contributed by atoms with Gasteiger partial charge in [-0.05, 0) is 23.3 Å². The Labute approximate surface area is 116 Å². The lowest BCUT2D eigenvalue weighted by Crippen LogP contribution is -2.06. The number of nitrogens with zero attached hydrogens (tertiary/aromatic N) is 1. The molecule has 1 N–H and O–H groups in total. The predicted molar refractivity (Wildman–Crippen MR) is 72.5 cm³/mol. The molecule has 0 saturated heterocycles. The fraction of sp³-hybridized carbons (Fsp3) is 0.154. The zero-order valence-electron chi connectivity index (χ0n) is 9.95. The van der Waals surface area contributed by atoms with Crippen molar-refractivity contribution in [3.8, 4) is 0 Å². The first-order valence-corrected chi connectivity index (χ1v) is 7.57. The minimum Gasteiger partial charge on any atom is -0.392 e. The average Bonchev–Trinajstić information content (AvgIpc) is 2.40. The molecule has 0 radical (unpaired) electrons. The number of pyridine rings is 1. The van der Waals surface area contributed by atoms with E-state index in [1.807, 2.05) is 0 Å². The van der Waals surface area contributed by atoms with E-state index in [1.165, 1.54) is 18.3 Å². The van der Waals surface area contributed by atoms with Gasteiger partial charge in [0.15, 0.2) is 14.9 Å². The maximum Gasteiger partial charge on any atom is 0.199 e. The normalized spacial score (nSPS) is 11.5. The van der Waals surface area contributed by atoms with Gasteiger partial charge in [-0.2, -0.15) is 0 Å². The van der Waals surface area contributed by atoms with Gasteiger partial charge in [0.25, 0.3) is 0 Å². The van der Waals surface area contributed by atoms with Crippen molar-refractivity contribution in [1.82, 2.24) is 4.98 Å². The third kappa shape index (κ3) is 3.53. The Morgan fingerprint density at radius 1 is 1.05 bits per heavy atom. The summed E-state index contributed by atoms with van der Waals surface area (Å²) in [6.45, 7) is -0.0637. The fourth-order valence-corrected chi connectivity index (χ4v) is 2.96. The van der Waals surface area contributed by atoms with Gasteiger partial charge in [0.1, 0.15) is 0 Å². The van der Waals surface area contributed by atoms with E-state index in [2.05, 4.69) is 4.98 Å². The predicted octanol–water partition coefficient (Wildman–Crippen LogP) is 2.20. The van der Waals surface area contributed by atoms with Crippen LogP contribution in [0.4, 0.5) is 0 Å². The van der Waals surface area contributed by atoms with Crippen LogP contribution in [0.5, 0.6) is 0 Å². The van der Waals surface area contributed by atoms with E-state index in [0.717, 1.165) is 5.56 Å². The van der Waals surface area contributed by atoms with Crippen molar-refractivity contribution < 1.29 is 13.5 Å². The van der Waals surface area contributed by atoms with Crippen LogP contribution in [0.2, 0.25) is 5.02 Å². The second kappa shape index (κ2) is 5.69. The Morgan fingerprint density at radius 3 is 2.21 bits per heavy atom. The molecule has 0 unspecified atom stereocenters. The first kappa shape index (κ1) is 14.0.